The van der Waals surface area contributed by atoms with Crippen LogP contribution in [0.15, 0.2) is 24.3 Å². The van der Waals surface area contributed by atoms with Crippen molar-refractivity contribution in [2.24, 2.45) is 28.6 Å². The zero-order valence-electron chi connectivity index (χ0n) is 19.6. The highest BCUT2D eigenvalue weighted by Gasteiger charge is 2.56. The molecule has 5 heteroatoms. The van der Waals surface area contributed by atoms with E-state index >= 15 is 0 Å². The lowest BCUT2D eigenvalue weighted by Crippen LogP contribution is -2.52. The Bertz CT molecular complexity index is 641. The second-order valence-corrected chi connectivity index (χ2v) is 10.6. The van der Waals surface area contributed by atoms with E-state index in [2.05, 4.69) is 51.6 Å². The molecule has 0 heterocycles. The van der Waals surface area contributed by atoms with Gasteiger partial charge >= 0.3 is 0 Å². The molecular formula is C25H43NO4. The first-order valence-electron chi connectivity index (χ1n) is 11.5. The molecule has 3 rings (SSSR count). The van der Waals surface area contributed by atoms with Crippen molar-refractivity contribution in [1.82, 2.24) is 4.90 Å². The molecule has 0 bridgehead atoms. The second-order valence-electron chi connectivity index (χ2n) is 10.6. The minimum Gasteiger partial charge on any atom is -0.481 e. The highest BCUT2D eigenvalue weighted by molar-refractivity contribution is 5.62. The molecule has 2 unspecified atom stereocenters. The molecule has 0 aliphatic heterocycles. The third-order valence-electron chi connectivity index (χ3n) is 8.26. The Morgan fingerprint density at radius 1 is 1.17 bits per heavy atom. The van der Waals surface area contributed by atoms with Gasteiger partial charge in [-0.15, -0.1) is 0 Å². The number of hydrogen-bond donors (Lipinski definition) is 3. The summed E-state index contributed by atoms with van der Waals surface area (Å²) in [6.07, 6.45) is 11.3. The molecule has 3 aliphatic rings. The first kappa shape index (κ1) is 25.1. The van der Waals surface area contributed by atoms with Gasteiger partial charge in [0.15, 0.2) is 0 Å². The maximum Gasteiger partial charge on any atom is 0.300 e. The zero-order valence-corrected chi connectivity index (χ0v) is 19.6. The van der Waals surface area contributed by atoms with E-state index in [0.29, 0.717) is 17.8 Å². The van der Waals surface area contributed by atoms with Gasteiger partial charge in [0.25, 0.3) is 5.97 Å². The number of carboxylic acids is 1. The molecule has 0 radical (unpaired) electrons. The van der Waals surface area contributed by atoms with E-state index in [1.165, 1.54) is 5.57 Å². The van der Waals surface area contributed by atoms with Gasteiger partial charge in [-0.3, -0.25) is 4.79 Å². The molecule has 3 fully saturated rings. The van der Waals surface area contributed by atoms with Gasteiger partial charge in [-0.25, -0.2) is 0 Å². The summed E-state index contributed by atoms with van der Waals surface area (Å²) in [4.78, 5) is 11.2. The van der Waals surface area contributed by atoms with E-state index in [0.717, 1.165) is 58.4 Å². The van der Waals surface area contributed by atoms with Gasteiger partial charge in [-0.2, -0.15) is 0 Å². The Balaban J connectivity index is 0.000000735. The maximum atomic E-state index is 11.4. The summed E-state index contributed by atoms with van der Waals surface area (Å²) >= 11 is 0. The van der Waals surface area contributed by atoms with E-state index in [-0.39, 0.29) is 23.0 Å². The van der Waals surface area contributed by atoms with Crippen molar-refractivity contribution >= 4 is 5.97 Å². The van der Waals surface area contributed by atoms with E-state index in [4.69, 9.17) is 9.90 Å². The SMILES string of the molecule is C=C1CCC2[C@H](O)C([C@@]3(C)CC[C@H](O)C[C@@H]3/C=C\CN(C)C)CC[C@]12C.CC(=O)O. The largest absolute Gasteiger partial charge is 0.481 e. The lowest BCUT2D eigenvalue weighted by molar-refractivity contribution is -0.134. The average Bonchev–Trinajstić information content (AvgIpc) is 2.93. The average molecular weight is 422 g/mol. The van der Waals surface area contributed by atoms with Crippen LogP contribution in [0.2, 0.25) is 0 Å². The minimum absolute atomic E-state index is 0.0761. The lowest BCUT2D eigenvalue weighted by Gasteiger charge is -2.54. The van der Waals surface area contributed by atoms with Crippen molar-refractivity contribution in [2.45, 2.75) is 77.9 Å². The number of nitrogens with zero attached hydrogens (tertiary/aromatic N) is 1. The number of fused-ring (bicyclic) bond motifs is 1. The zero-order chi connectivity index (χ0) is 22.7. The minimum atomic E-state index is -0.833. The number of hydrogen-bond acceptors (Lipinski definition) is 4. The maximum absolute atomic E-state index is 11.4. The summed E-state index contributed by atoms with van der Waals surface area (Å²) in [5.74, 6) is 0.205. The summed E-state index contributed by atoms with van der Waals surface area (Å²) in [5.41, 5.74) is 1.57. The number of aliphatic hydroxyl groups excluding tert-OH is 2. The fourth-order valence-electron chi connectivity index (χ4n) is 6.27. The molecule has 0 aromatic carbocycles. The Kier molecular flexibility index (Phi) is 8.34. The number of carboxylic acid groups (broad SMARTS) is 1. The van der Waals surface area contributed by atoms with Crippen LogP contribution in [0.25, 0.3) is 0 Å². The number of aliphatic carboxylic acids is 1. The van der Waals surface area contributed by atoms with E-state index in [1.54, 1.807) is 0 Å². The van der Waals surface area contributed by atoms with Gasteiger partial charge < -0.3 is 20.2 Å². The standard InChI is InChI=1S/C23H39NO2.C2H4O2/c1-16-8-9-19-21(26)20(11-13-22(16,19)2)23(3)12-10-18(25)15-17(23)7-6-14-24(4)5;1-2(3)4/h6-7,17-21,25-26H,1,8-15H2,2-5H3;1H3,(H,3,4)/b7-6-;/t17-,18-,19?,20?,21-,22+,23-;/m0./s1. The van der Waals surface area contributed by atoms with Crippen LogP contribution in [0.1, 0.15) is 65.7 Å². The van der Waals surface area contributed by atoms with Crippen LogP contribution >= 0.6 is 0 Å². The fraction of sp³-hybridized carbons (Fsp3) is 0.800. The molecule has 3 N–H and O–H groups in total. The van der Waals surface area contributed by atoms with Crippen molar-refractivity contribution < 1.29 is 20.1 Å². The molecule has 0 spiro atoms. The molecule has 7 atom stereocenters. The topological polar surface area (TPSA) is 81.0 Å². The van der Waals surface area contributed by atoms with Gasteiger partial charge in [0, 0.05) is 13.5 Å². The van der Waals surface area contributed by atoms with Crippen molar-refractivity contribution in [1.29, 1.82) is 0 Å². The summed E-state index contributed by atoms with van der Waals surface area (Å²) in [6, 6.07) is 0. The number of aliphatic hydroxyl groups is 2. The third kappa shape index (κ3) is 5.35. The molecular weight excluding hydrogens is 378 g/mol. The van der Waals surface area contributed by atoms with Gasteiger partial charge in [-0.05, 0) is 87.6 Å². The Hall–Kier alpha value is -1.17. The molecule has 3 saturated carbocycles. The monoisotopic (exact) mass is 421 g/mol. The molecule has 3 aliphatic carbocycles. The highest BCUT2D eigenvalue weighted by atomic mass is 16.4. The highest BCUT2D eigenvalue weighted by Crippen LogP contribution is 2.61. The number of rotatable bonds is 4. The van der Waals surface area contributed by atoms with Gasteiger partial charge in [0.2, 0.25) is 0 Å². The first-order valence-corrected chi connectivity index (χ1v) is 11.5. The van der Waals surface area contributed by atoms with Crippen LogP contribution in [-0.4, -0.2) is 59.0 Å². The van der Waals surface area contributed by atoms with E-state index in [9.17, 15) is 10.2 Å². The van der Waals surface area contributed by atoms with Crippen LogP contribution < -0.4 is 0 Å². The molecule has 0 saturated heterocycles. The Morgan fingerprint density at radius 3 is 2.40 bits per heavy atom. The normalized spacial score (nSPS) is 41.5. The predicted molar refractivity (Wildman–Crippen MR) is 121 cm³/mol. The molecule has 0 aromatic rings. The summed E-state index contributed by atoms with van der Waals surface area (Å²) in [6.45, 7) is 11.0. The summed E-state index contributed by atoms with van der Waals surface area (Å²) in [5, 5.41) is 29.1. The quantitative estimate of drug-likeness (QED) is 0.595. The summed E-state index contributed by atoms with van der Waals surface area (Å²) in [7, 11) is 4.16. The molecule has 5 nitrogen and oxygen atoms in total. The van der Waals surface area contributed by atoms with Crippen molar-refractivity contribution in [3.63, 3.8) is 0 Å². The first-order chi connectivity index (χ1) is 13.9. The third-order valence-corrected chi connectivity index (χ3v) is 8.26. The fourth-order valence-corrected chi connectivity index (χ4v) is 6.27. The molecule has 0 aromatic heterocycles. The van der Waals surface area contributed by atoms with Gasteiger partial charge in [-0.1, -0.05) is 38.2 Å². The van der Waals surface area contributed by atoms with Gasteiger partial charge in [0.05, 0.1) is 12.2 Å². The van der Waals surface area contributed by atoms with Crippen LogP contribution in [0.4, 0.5) is 0 Å². The Labute approximate surface area is 182 Å². The molecule has 0 amide bonds. The Morgan fingerprint density at radius 2 is 1.80 bits per heavy atom. The predicted octanol–water partition coefficient (Wildman–Crippen LogP) is 4.11. The van der Waals surface area contributed by atoms with Crippen molar-refractivity contribution in [2.75, 3.05) is 20.6 Å². The molecule has 30 heavy (non-hydrogen) atoms. The van der Waals surface area contributed by atoms with Crippen LogP contribution in [-0.2, 0) is 4.79 Å². The summed E-state index contributed by atoms with van der Waals surface area (Å²) < 4.78 is 0. The number of likely N-dealkylation sites (N-methyl/N-ethyl adjacent to an activating group) is 1. The van der Waals surface area contributed by atoms with Crippen LogP contribution in [0.5, 0.6) is 0 Å². The smallest absolute Gasteiger partial charge is 0.300 e. The molecule has 172 valence electrons. The van der Waals surface area contributed by atoms with Gasteiger partial charge in [0.1, 0.15) is 0 Å². The number of allylic oxidation sites excluding steroid dienone is 2. The van der Waals surface area contributed by atoms with Crippen LogP contribution in [0.3, 0.4) is 0 Å². The van der Waals surface area contributed by atoms with E-state index in [1.807, 2.05) is 0 Å². The van der Waals surface area contributed by atoms with Crippen molar-refractivity contribution in [3.8, 4) is 0 Å². The lowest BCUT2D eigenvalue weighted by atomic mass is 9.52. The second kappa shape index (κ2) is 9.97. The van der Waals surface area contributed by atoms with E-state index < -0.39 is 5.97 Å². The number of carbonyl (C=O) groups is 1. The van der Waals surface area contributed by atoms with Crippen LogP contribution in [0, 0.1) is 28.6 Å². The van der Waals surface area contributed by atoms with Crippen molar-refractivity contribution in [3.05, 3.63) is 24.3 Å².